The number of benzene rings is 2. The summed E-state index contributed by atoms with van der Waals surface area (Å²) in [4.78, 5) is 46.7. The average molecular weight is 711 g/mol. The number of nitrogens with zero attached hydrogens (tertiary/aromatic N) is 3. The van der Waals surface area contributed by atoms with Gasteiger partial charge < -0.3 is 20.3 Å². The quantitative estimate of drug-likeness (QED) is 0.214. The summed E-state index contributed by atoms with van der Waals surface area (Å²) in [5, 5.41) is 0. The molecule has 3 amide bonds. The van der Waals surface area contributed by atoms with Crippen LogP contribution in [0.15, 0.2) is 42.5 Å². The molecule has 50 heavy (non-hydrogen) atoms. The number of nitrogens with two attached hydrogens (primary N) is 1. The number of ether oxygens (including phenoxy) is 1. The highest BCUT2D eigenvalue weighted by Crippen LogP contribution is 2.37. The van der Waals surface area contributed by atoms with Gasteiger partial charge in [0.1, 0.15) is 18.8 Å². The van der Waals surface area contributed by atoms with Crippen molar-refractivity contribution in [3.8, 4) is 0 Å². The molecule has 5 rings (SSSR count). The van der Waals surface area contributed by atoms with Crippen LogP contribution in [0, 0.1) is 18.8 Å². The Morgan fingerprint density at radius 2 is 1.50 bits per heavy atom. The summed E-state index contributed by atoms with van der Waals surface area (Å²) in [6, 6.07) is 7.71. The maximum absolute atomic E-state index is 14.3. The Bertz CT molecular complexity index is 1480. The molecule has 14 heteroatoms. The van der Waals surface area contributed by atoms with Gasteiger partial charge in [-0.2, -0.15) is 26.3 Å². The molecule has 0 unspecified atom stereocenters. The first-order chi connectivity index (χ1) is 23.7. The number of fused-ring (bicyclic) bond motifs is 1. The van der Waals surface area contributed by atoms with Crippen LogP contribution in [-0.2, 0) is 39.7 Å². The molecule has 0 radical (unpaired) electrons. The zero-order chi connectivity index (χ0) is 36.2. The minimum atomic E-state index is -5.06. The summed E-state index contributed by atoms with van der Waals surface area (Å²) in [6.07, 6.45) is -5.19. The van der Waals surface area contributed by atoms with E-state index in [-0.39, 0.29) is 43.3 Å². The molecule has 1 aliphatic carbocycles. The molecule has 2 saturated heterocycles. The molecule has 2 aromatic rings. The SMILES string of the molecule is Cc1ccc(C[C@H]2CN(C(=O)OCc3cc(C(F)(F)F)cc(C(F)(F)F)c3)[C@H]3CN(CC4CCCCC4)C(=O)[C@H](CCCCN)N3C2=O)cc1. The first-order valence-electron chi connectivity index (χ1n) is 17.2. The lowest BCUT2D eigenvalue weighted by Crippen LogP contribution is -2.73. The fourth-order valence-corrected chi connectivity index (χ4v) is 7.39. The van der Waals surface area contributed by atoms with E-state index in [2.05, 4.69) is 0 Å². The number of carbonyl (C=O) groups is 3. The number of carbonyl (C=O) groups excluding carboxylic acids is 3. The van der Waals surface area contributed by atoms with Gasteiger partial charge in [-0.15, -0.1) is 0 Å². The van der Waals surface area contributed by atoms with Gasteiger partial charge in [-0.05, 0) is 87.2 Å². The molecule has 3 atom stereocenters. The summed E-state index contributed by atoms with van der Waals surface area (Å²) in [5.41, 5.74) is 4.06. The van der Waals surface area contributed by atoms with Gasteiger partial charge >= 0.3 is 18.4 Å². The number of hydrogen-bond donors (Lipinski definition) is 1. The Morgan fingerprint density at radius 1 is 0.860 bits per heavy atom. The van der Waals surface area contributed by atoms with Crippen molar-refractivity contribution in [3.63, 3.8) is 0 Å². The molecule has 2 N–H and O–H groups in total. The van der Waals surface area contributed by atoms with Crippen LogP contribution in [0.4, 0.5) is 31.1 Å². The summed E-state index contributed by atoms with van der Waals surface area (Å²) >= 11 is 0. The maximum atomic E-state index is 14.3. The van der Waals surface area contributed by atoms with Crippen molar-refractivity contribution in [3.05, 3.63) is 70.3 Å². The van der Waals surface area contributed by atoms with Crippen LogP contribution in [-0.4, -0.2) is 71.0 Å². The number of halogens is 6. The lowest BCUT2D eigenvalue weighted by atomic mass is 9.87. The number of piperazine rings is 1. The second-order valence-electron chi connectivity index (χ2n) is 13.8. The molecule has 274 valence electrons. The molecular weight excluding hydrogens is 666 g/mol. The van der Waals surface area contributed by atoms with Crippen molar-refractivity contribution in [1.29, 1.82) is 0 Å². The Balaban J connectivity index is 1.46. The van der Waals surface area contributed by atoms with Gasteiger partial charge in [0.05, 0.1) is 23.6 Å². The van der Waals surface area contributed by atoms with Gasteiger partial charge in [-0.25, -0.2) is 4.79 Å². The first-order valence-corrected chi connectivity index (χ1v) is 17.2. The third-order valence-corrected chi connectivity index (χ3v) is 10.00. The van der Waals surface area contributed by atoms with Crippen LogP contribution >= 0.6 is 0 Å². The lowest BCUT2D eigenvalue weighted by molar-refractivity contribution is -0.174. The van der Waals surface area contributed by atoms with E-state index in [4.69, 9.17) is 10.5 Å². The Hall–Kier alpha value is -3.81. The van der Waals surface area contributed by atoms with Crippen molar-refractivity contribution in [2.75, 3.05) is 26.2 Å². The standard InChI is InChI=1S/C36H44F6N4O4/c1-23-10-12-24(13-11-23)15-27-20-45(34(49)50-22-26-16-28(35(37,38)39)18-29(17-26)36(40,41)42)31-21-44(19-25-7-3-2-4-8-25)33(48)30(9-5-6-14-43)46(31)32(27)47/h10-13,16-18,25,27,30-31H,2-9,14-15,19-22,43H2,1H3/t27-,30-,31+/m0/s1. The van der Waals surface area contributed by atoms with Gasteiger partial charge in [0.2, 0.25) is 11.8 Å². The first kappa shape index (κ1) is 37.4. The third kappa shape index (κ3) is 8.91. The van der Waals surface area contributed by atoms with Gasteiger partial charge in [-0.3, -0.25) is 14.5 Å². The number of rotatable bonds is 10. The van der Waals surface area contributed by atoms with E-state index in [0.29, 0.717) is 44.5 Å². The summed E-state index contributed by atoms with van der Waals surface area (Å²) in [7, 11) is 0. The number of amides is 3. The minimum absolute atomic E-state index is 0.0138. The van der Waals surface area contributed by atoms with Crippen LogP contribution in [0.5, 0.6) is 0 Å². The Kier molecular flexibility index (Phi) is 11.7. The molecule has 0 aromatic heterocycles. The second-order valence-corrected chi connectivity index (χ2v) is 13.8. The van der Waals surface area contributed by atoms with Gasteiger partial charge in [-0.1, -0.05) is 49.1 Å². The normalized spacial score (nSPS) is 22.2. The largest absolute Gasteiger partial charge is 0.444 e. The van der Waals surface area contributed by atoms with E-state index in [1.165, 1.54) is 9.80 Å². The summed E-state index contributed by atoms with van der Waals surface area (Å²) in [5.74, 6) is -1.01. The van der Waals surface area contributed by atoms with E-state index < -0.39 is 59.9 Å². The van der Waals surface area contributed by atoms with Crippen molar-refractivity contribution in [2.45, 2.75) is 95.9 Å². The molecule has 3 aliphatic rings. The van der Waals surface area contributed by atoms with E-state index in [1.54, 1.807) is 4.90 Å². The van der Waals surface area contributed by atoms with Crippen LogP contribution < -0.4 is 5.73 Å². The second kappa shape index (κ2) is 15.6. The van der Waals surface area contributed by atoms with Crippen LogP contribution in [0.2, 0.25) is 0 Å². The highest BCUT2D eigenvalue weighted by atomic mass is 19.4. The number of aryl methyl sites for hydroxylation is 1. The molecule has 8 nitrogen and oxygen atoms in total. The van der Waals surface area contributed by atoms with Crippen molar-refractivity contribution in [2.24, 2.45) is 17.6 Å². The smallest absolute Gasteiger partial charge is 0.416 e. The van der Waals surface area contributed by atoms with Crippen LogP contribution in [0.1, 0.15) is 79.2 Å². The minimum Gasteiger partial charge on any atom is -0.444 e. The monoisotopic (exact) mass is 710 g/mol. The molecule has 2 heterocycles. The van der Waals surface area contributed by atoms with Gasteiger partial charge in [0.25, 0.3) is 0 Å². The predicted octanol–water partition coefficient (Wildman–Crippen LogP) is 6.92. The molecular formula is C36H44F6N4O4. The maximum Gasteiger partial charge on any atom is 0.416 e. The average Bonchev–Trinajstić information content (AvgIpc) is 3.07. The van der Waals surface area contributed by atoms with E-state index in [9.17, 15) is 40.7 Å². The zero-order valence-corrected chi connectivity index (χ0v) is 28.1. The zero-order valence-electron chi connectivity index (χ0n) is 28.1. The molecule has 2 aromatic carbocycles. The highest BCUT2D eigenvalue weighted by molar-refractivity contribution is 5.91. The fourth-order valence-electron chi connectivity index (χ4n) is 7.39. The predicted molar refractivity (Wildman–Crippen MR) is 172 cm³/mol. The third-order valence-electron chi connectivity index (χ3n) is 10.00. The number of unbranched alkanes of at least 4 members (excludes halogenated alkanes) is 1. The molecule has 2 aliphatic heterocycles. The van der Waals surface area contributed by atoms with E-state index in [1.807, 2.05) is 31.2 Å². The Morgan fingerprint density at radius 3 is 2.10 bits per heavy atom. The van der Waals surface area contributed by atoms with Crippen molar-refractivity contribution in [1.82, 2.24) is 14.7 Å². The fraction of sp³-hybridized carbons (Fsp3) is 0.583. The van der Waals surface area contributed by atoms with Crippen LogP contribution in [0.3, 0.4) is 0 Å². The Labute approximate surface area is 287 Å². The van der Waals surface area contributed by atoms with Crippen molar-refractivity contribution < 1.29 is 45.5 Å². The van der Waals surface area contributed by atoms with E-state index in [0.717, 1.165) is 43.2 Å². The lowest BCUT2D eigenvalue weighted by Gasteiger charge is -2.54. The van der Waals surface area contributed by atoms with Crippen LogP contribution in [0.25, 0.3) is 0 Å². The number of hydrogen-bond acceptors (Lipinski definition) is 5. The molecule has 0 spiro atoms. The summed E-state index contributed by atoms with van der Waals surface area (Å²) in [6.45, 7) is 1.82. The molecule has 0 bridgehead atoms. The topological polar surface area (TPSA) is 96.2 Å². The molecule has 3 fully saturated rings. The number of alkyl halides is 6. The summed E-state index contributed by atoms with van der Waals surface area (Å²) < 4.78 is 86.5. The molecule has 1 saturated carbocycles. The van der Waals surface area contributed by atoms with E-state index >= 15 is 0 Å². The van der Waals surface area contributed by atoms with Gasteiger partial charge in [0.15, 0.2) is 0 Å². The van der Waals surface area contributed by atoms with Crippen molar-refractivity contribution >= 4 is 17.9 Å². The highest BCUT2D eigenvalue weighted by Gasteiger charge is 2.52. The van der Waals surface area contributed by atoms with Gasteiger partial charge in [0, 0.05) is 13.1 Å².